The van der Waals surface area contributed by atoms with E-state index in [1.54, 1.807) is 6.20 Å². The molecule has 0 aromatic carbocycles. The molecule has 2 aliphatic rings. The van der Waals surface area contributed by atoms with Crippen LogP contribution in [0.25, 0.3) is 0 Å². The minimum Gasteiger partial charge on any atom is -0.297 e. The van der Waals surface area contributed by atoms with Crippen LogP contribution in [0.3, 0.4) is 0 Å². The summed E-state index contributed by atoms with van der Waals surface area (Å²) in [6.07, 6.45) is 4.25. The van der Waals surface area contributed by atoms with Crippen molar-refractivity contribution in [2.75, 3.05) is 37.7 Å². The summed E-state index contributed by atoms with van der Waals surface area (Å²) >= 11 is 5.85. The number of rotatable bonds is 3. The Bertz CT molecular complexity index is 566. The van der Waals surface area contributed by atoms with Crippen LogP contribution < -0.4 is 0 Å². The first-order valence-electron chi connectivity index (χ1n) is 6.87. The van der Waals surface area contributed by atoms with E-state index in [2.05, 4.69) is 14.9 Å². The summed E-state index contributed by atoms with van der Waals surface area (Å²) in [5, 5.41) is 4.83. The molecule has 0 radical (unpaired) electrons. The molecule has 0 bridgehead atoms. The molecule has 0 saturated carbocycles. The van der Waals surface area contributed by atoms with E-state index in [9.17, 15) is 8.42 Å². The second-order valence-corrected chi connectivity index (χ2v) is 8.22. The Morgan fingerprint density at radius 1 is 1.30 bits per heavy atom. The van der Waals surface area contributed by atoms with Gasteiger partial charge in [-0.25, -0.2) is 8.42 Å². The van der Waals surface area contributed by atoms with Crippen LogP contribution in [0.4, 0.5) is 0 Å². The molecule has 6 nitrogen and oxygen atoms in total. The maximum absolute atomic E-state index is 11.5. The van der Waals surface area contributed by atoms with Crippen molar-refractivity contribution in [1.82, 2.24) is 19.6 Å². The van der Waals surface area contributed by atoms with E-state index in [0.29, 0.717) is 16.5 Å². The largest absolute Gasteiger partial charge is 0.297 e. The van der Waals surface area contributed by atoms with E-state index in [1.807, 2.05) is 10.9 Å². The highest BCUT2D eigenvalue weighted by molar-refractivity contribution is 7.91. The lowest BCUT2D eigenvalue weighted by atomic mass is 10.2. The fourth-order valence-electron chi connectivity index (χ4n) is 2.95. The zero-order valence-corrected chi connectivity index (χ0v) is 12.9. The predicted octanol–water partition coefficient (Wildman–Crippen LogP) is 0.299. The Hall–Kier alpha value is -0.630. The van der Waals surface area contributed by atoms with Crippen molar-refractivity contribution in [3.8, 4) is 0 Å². The van der Waals surface area contributed by atoms with Gasteiger partial charge in [-0.3, -0.25) is 14.5 Å². The van der Waals surface area contributed by atoms with Gasteiger partial charge in [0.1, 0.15) is 0 Å². The topological polar surface area (TPSA) is 58.4 Å². The standard InChI is InChI=1S/C12H19ClN4O2S/c13-11-7-14-17(8-11)10-15-2-4-16(5-3-15)12-1-6-20(18,19)9-12/h7-8,12H,1-6,9-10H2/t12-/m1/s1. The summed E-state index contributed by atoms with van der Waals surface area (Å²) in [6, 6.07) is 0.223. The number of sulfone groups is 1. The van der Waals surface area contributed by atoms with Gasteiger partial charge in [0.05, 0.1) is 29.4 Å². The van der Waals surface area contributed by atoms with Crippen LogP contribution in [0.5, 0.6) is 0 Å². The zero-order valence-electron chi connectivity index (χ0n) is 11.3. The molecule has 1 atom stereocenters. The van der Waals surface area contributed by atoms with Gasteiger partial charge in [-0.2, -0.15) is 5.10 Å². The summed E-state index contributed by atoms with van der Waals surface area (Å²) in [5.41, 5.74) is 0. The molecule has 1 aromatic rings. The van der Waals surface area contributed by atoms with Crippen LogP contribution in [0.1, 0.15) is 6.42 Å². The third-order valence-electron chi connectivity index (χ3n) is 4.08. The molecule has 3 heterocycles. The minimum absolute atomic E-state index is 0.223. The molecule has 0 amide bonds. The number of hydrogen-bond acceptors (Lipinski definition) is 5. The Kier molecular flexibility index (Phi) is 4.03. The van der Waals surface area contributed by atoms with Gasteiger partial charge in [0.2, 0.25) is 0 Å². The predicted molar refractivity (Wildman–Crippen MR) is 77.4 cm³/mol. The molecule has 0 aliphatic carbocycles. The molecule has 3 rings (SSSR count). The molecule has 20 heavy (non-hydrogen) atoms. The molecule has 8 heteroatoms. The third kappa shape index (κ3) is 3.33. The van der Waals surface area contributed by atoms with Crippen molar-refractivity contribution < 1.29 is 8.42 Å². The third-order valence-corrected chi connectivity index (χ3v) is 6.02. The first-order chi connectivity index (χ1) is 9.52. The van der Waals surface area contributed by atoms with Crippen LogP contribution in [0, 0.1) is 0 Å². The lowest BCUT2D eigenvalue weighted by Gasteiger charge is -2.37. The van der Waals surface area contributed by atoms with Gasteiger partial charge in [-0.15, -0.1) is 0 Å². The first kappa shape index (κ1) is 14.3. The van der Waals surface area contributed by atoms with Crippen LogP contribution in [-0.2, 0) is 16.5 Å². The summed E-state index contributed by atoms with van der Waals surface area (Å²) in [4.78, 5) is 4.63. The Balaban J connectivity index is 1.50. The lowest BCUT2D eigenvalue weighted by molar-refractivity contribution is 0.0814. The van der Waals surface area contributed by atoms with Gasteiger partial charge >= 0.3 is 0 Å². The molecule has 0 unspecified atom stereocenters. The van der Waals surface area contributed by atoms with E-state index in [-0.39, 0.29) is 6.04 Å². The van der Waals surface area contributed by atoms with Gasteiger partial charge in [-0.1, -0.05) is 11.6 Å². The number of nitrogens with zero attached hydrogens (tertiary/aromatic N) is 4. The average Bonchev–Trinajstić information content (AvgIpc) is 2.96. The molecule has 2 saturated heterocycles. The molecule has 0 N–H and O–H groups in total. The summed E-state index contributed by atoms with van der Waals surface area (Å²) < 4.78 is 24.9. The Morgan fingerprint density at radius 3 is 2.60 bits per heavy atom. The normalized spacial score (nSPS) is 27.9. The summed E-state index contributed by atoms with van der Waals surface area (Å²) in [5.74, 6) is 0.686. The van der Waals surface area contributed by atoms with Crippen molar-refractivity contribution >= 4 is 21.4 Å². The van der Waals surface area contributed by atoms with Crippen molar-refractivity contribution in [2.24, 2.45) is 0 Å². The van der Waals surface area contributed by atoms with Crippen LogP contribution in [0.15, 0.2) is 12.4 Å². The molecule has 2 aliphatic heterocycles. The van der Waals surface area contributed by atoms with E-state index in [4.69, 9.17) is 11.6 Å². The van der Waals surface area contributed by atoms with Gasteiger partial charge in [-0.05, 0) is 6.42 Å². The molecular formula is C12H19ClN4O2S. The van der Waals surface area contributed by atoms with E-state index >= 15 is 0 Å². The van der Waals surface area contributed by atoms with Crippen LogP contribution in [-0.4, -0.2) is 71.7 Å². The summed E-state index contributed by atoms with van der Waals surface area (Å²) in [6.45, 7) is 4.47. The highest BCUT2D eigenvalue weighted by atomic mass is 35.5. The van der Waals surface area contributed by atoms with E-state index in [0.717, 1.165) is 39.3 Å². The van der Waals surface area contributed by atoms with Crippen molar-refractivity contribution in [3.63, 3.8) is 0 Å². The second-order valence-electron chi connectivity index (χ2n) is 5.55. The highest BCUT2D eigenvalue weighted by Gasteiger charge is 2.33. The van der Waals surface area contributed by atoms with Gasteiger partial charge in [0.15, 0.2) is 9.84 Å². The summed E-state index contributed by atoms with van der Waals surface area (Å²) in [7, 11) is -2.79. The van der Waals surface area contributed by atoms with Gasteiger partial charge in [0.25, 0.3) is 0 Å². The average molecular weight is 319 g/mol. The number of aromatic nitrogens is 2. The fraction of sp³-hybridized carbons (Fsp3) is 0.750. The minimum atomic E-state index is -2.79. The van der Waals surface area contributed by atoms with Crippen molar-refractivity contribution in [1.29, 1.82) is 0 Å². The maximum atomic E-state index is 11.5. The van der Waals surface area contributed by atoms with Crippen molar-refractivity contribution in [2.45, 2.75) is 19.1 Å². The fourth-order valence-corrected chi connectivity index (χ4v) is 4.87. The van der Waals surface area contributed by atoms with E-state index < -0.39 is 9.84 Å². The SMILES string of the molecule is O=S1(=O)CC[C@@H](N2CCN(Cn3cc(Cl)cn3)CC2)C1. The Morgan fingerprint density at radius 2 is 2.05 bits per heavy atom. The van der Waals surface area contributed by atoms with E-state index in [1.165, 1.54) is 0 Å². The molecule has 112 valence electrons. The second kappa shape index (κ2) is 5.63. The number of halogens is 1. The molecule has 2 fully saturated rings. The van der Waals surface area contributed by atoms with Crippen molar-refractivity contribution in [3.05, 3.63) is 17.4 Å². The maximum Gasteiger partial charge on any atom is 0.151 e. The van der Waals surface area contributed by atoms with Gasteiger partial charge < -0.3 is 0 Å². The highest BCUT2D eigenvalue weighted by Crippen LogP contribution is 2.19. The molecular weight excluding hydrogens is 300 g/mol. The monoisotopic (exact) mass is 318 g/mol. The Labute approximate surface area is 124 Å². The quantitative estimate of drug-likeness (QED) is 0.802. The first-order valence-corrected chi connectivity index (χ1v) is 9.06. The van der Waals surface area contributed by atoms with Crippen LogP contribution >= 0.6 is 11.6 Å². The lowest BCUT2D eigenvalue weighted by Crippen LogP contribution is -2.50. The van der Waals surface area contributed by atoms with Crippen LogP contribution in [0.2, 0.25) is 5.02 Å². The number of piperazine rings is 1. The zero-order chi connectivity index (χ0) is 14.2. The van der Waals surface area contributed by atoms with Gasteiger partial charge in [0, 0.05) is 38.4 Å². The molecule has 1 aromatic heterocycles. The number of hydrogen-bond donors (Lipinski definition) is 0. The molecule has 0 spiro atoms. The smallest absolute Gasteiger partial charge is 0.151 e.